The van der Waals surface area contributed by atoms with Gasteiger partial charge in [-0.15, -0.1) is 0 Å². The summed E-state index contributed by atoms with van der Waals surface area (Å²) in [6, 6.07) is 0. The van der Waals surface area contributed by atoms with Gasteiger partial charge in [0, 0.05) is 5.75 Å². The molecule has 0 unspecified atom stereocenters. The quantitative estimate of drug-likeness (QED) is 0.595. The topological polar surface area (TPSA) is 0 Å². The first-order valence-electron chi connectivity index (χ1n) is 4.68. The van der Waals surface area contributed by atoms with Crippen LogP contribution in [0.2, 0.25) is 0 Å². The fourth-order valence-electron chi connectivity index (χ4n) is 0.605. The molecule has 74 valence electrons. The minimum Gasteiger partial charge on any atom is -0.0896 e. The Labute approximate surface area is 86.0 Å². The van der Waals surface area contributed by atoms with Crippen molar-refractivity contribution in [2.45, 2.75) is 41.5 Å². The zero-order valence-electron chi connectivity index (χ0n) is 9.18. The van der Waals surface area contributed by atoms with Crippen LogP contribution in [0, 0.1) is 5.92 Å². The minimum atomic E-state index is 0.689. The Hall–Kier alpha value is 0.440. The first-order valence-corrected chi connectivity index (χ1v) is 6.99. The summed E-state index contributed by atoms with van der Waals surface area (Å²) in [4.78, 5) is 1.49. The second kappa shape index (κ2) is 11.4. The van der Waals surface area contributed by atoms with Crippen molar-refractivity contribution in [2.24, 2.45) is 5.92 Å². The average molecular weight is 206 g/mol. The molecule has 0 N–H and O–H groups in total. The largest absolute Gasteiger partial charge is 0.0896 e. The highest BCUT2D eigenvalue weighted by molar-refractivity contribution is 8.78. The molecule has 2 heteroatoms. The lowest BCUT2D eigenvalue weighted by Crippen LogP contribution is -1.86. The maximum Gasteiger partial charge on any atom is 0.00118 e. The molecule has 0 heterocycles. The SMILES string of the molecule is C/C=C(\SSCC)C(C)C.CC. The van der Waals surface area contributed by atoms with E-state index in [9.17, 15) is 0 Å². The fraction of sp³-hybridized carbons (Fsp3) is 0.800. The Balaban J connectivity index is 0. The maximum atomic E-state index is 2.23. The van der Waals surface area contributed by atoms with E-state index in [1.165, 1.54) is 10.7 Å². The van der Waals surface area contributed by atoms with E-state index in [0.29, 0.717) is 5.92 Å². The molecular weight excluding hydrogens is 184 g/mol. The smallest absolute Gasteiger partial charge is 0.00118 e. The highest BCUT2D eigenvalue weighted by atomic mass is 33.1. The van der Waals surface area contributed by atoms with Crippen LogP contribution in [0.15, 0.2) is 11.0 Å². The Morgan fingerprint density at radius 2 is 1.83 bits per heavy atom. The van der Waals surface area contributed by atoms with Crippen LogP contribution in [0.5, 0.6) is 0 Å². The summed E-state index contributed by atoms with van der Waals surface area (Å²) in [5.74, 6) is 1.88. The molecule has 0 aromatic carbocycles. The molecule has 0 saturated heterocycles. The third kappa shape index (κ3) is 8.54. The molecule has 0 nitrogen and oxygen atoms in total. The van der Waals surface area contributed by atoms with E-state index >= 15 is 0 Å². The lowest BCUT2D eigenvalue weighted by molar-refractivity contribution is 0.816. The first kappa shape index (κ1) is 14.9. The highest BCUT2D eigenvalue weighted by Gasteiger charge is 2.01. The molecule has 0 spiro atoms. The lowest BCUT2D eigenvalue weighted by Gasteiger charge is -2.07. The van der Waals surface area contributed by atoms with Crippen LogP contribution in [0.1, 0.15) is 41.5 Å². The molecular formula is C10H22S2. The van der Waals surface area contributed by atoms with Gasteiger partial charge < -0.3 is 0 Å². The van der Waals surface area contributed by atoms with Gasteiger partial charge in [0.25, 0.3) is 0 Å². The zero-order chi connectivity index (χ0) is 9.98. The van der Waals surface area contributed by atoms with Crippen LogP contribution in [0.3, 0.4) is 0 Å². The van der Waals surface area contributed by atoms with Crippen LogP contribution >= 0.6 is 21.6 Å². The Morgan fingerprint density at radius 3 is 2.08 bits per heavy atom. The van der Waals surface area contributed by atoms with Gasteiger partial charge in [-0.3, -0.25) is 0 Å². The molecule has 0 aromatic heterocycles. The van der Waals surface area contributed by atoms with Gasteiger partial charge in [-0.05, 0) is 17.7 Å². The van der Waals surface area contributed by atoms with E-state index < -0.39 is 0 Å². The molecule has 0 aliphatic rings. The Kier molecular flexibility index (Phi) is 14.2. The van der Waals surface area contributed by atoms with Crippen LogP contribution in [-0.2, 0) is 0 Å². The van der Waals surface area contributed by atoms with Crippen molar-refractivity contribution >= 4 is 21.6 Å². The van der Waals surface area contributed by atoms with Crippen LogP contribution in [-0.4, -0.2) is 5.75 Å². The summed E-state index contributed by atoms with van der Waals surface area (Å²) < 4.78 is 0. The summed E-state index contributed by atoms with van der Waals surface area (Å²) in [6.45, 7) is 12.8. The van der Waals surface area contributed by atoms with Crippen molar-refractivity contribution < 1.29 is 0 Å². The first-order chi connectivity index (χ1) is 5.72. The van der Waals surface area contributed by atoms with Crippen LogP contribution < -0.4 is 0 Å². The highest BCUT2D eigenvalue weighted by Crippen LogP contribution is 2.33. The second-order valence-electron chi connectivity index (χ2n) is 2.34. The van der Waals surface area contributed by atoms with Gasteiger partial charge in [-0.25, -0.2) is 0 Å². The molecule has 0 saturated carbocycles. The third-order valence-electron chi connectivity index (χ3n) is 1.13. The van der Waals surface area contributed by atoms with Crippen LogP contribution in [0.4, 0.5) is 0 Å². The zero-order valence-corrected chi connectivity index (χ0v) is 10.8. The van der Waals surface area contributed by atoms with Crippen molar-refractivity contribution in [1.29, 1.82) is 0 Å². The minimum absolute atomic E-state index is 0.689. The number of rotatable bonds is 4. The van der Waals surface area contributed by atoms with Crippen molar-refractivity contribution in [1.82, 2.24) is 0 Å². The average Bonchev–Trinajstić information content (AvgIpc) is 2.09. The molecule has 0 amide bonds. The maximum absolute atomic E-state index is 2.23. The molecule has 0 atom stereocenters. The second-order valence-corrected chi connectivity index (χ2v) is 4.99. The molecule has 0 radical (unpaired) electrons. The predicted octanol–water partition coefficient (Wildman–Crippen LogP) is 4.97. The van der Waals surface area contributed by atoms with Gasteiger partial charge in [-0.2, -0.15) is 0 Å². The normalized spacial score (nSPS) is 11.1. The number of allylic oxidation sites excluding steroid dienone is 2. The van der Waals surface area contributed by atoms with Gasteiger partial charge in [0.2, 0.25) is 0 Å². The van der Waals surface area contributed by atoms with Crippen molar-refractivity contribution in [3.8, 4) is 0 Å². The van der Waals surface area contributed by atoms with Gasteiger partial charge >= 0.3 is 0 Å². The van der Waals surface area contributed by atoms with Crippen LogP contribution in [0.25, 0.3) is 0 Å². The van der Waals surface area contributed by atoms with Gasteiger partial charge in [0.05, 0.1) is 0 Å². The molecule has 0 aliphatic carbocycles. The van der Waals surface area contributed by atoms with Crippen molar-refractivity contribution in [2.75, 3.05) is 5.75 Å². The summed E-state index contributed by atoms with van der Waals surface area (Å²) in [7, 11) is 3.82. The van der Waals surface area contributed by atoms with E-state index in [0.717, 1.165) is 0 Å². The van der Waals surface area contributed by atoms with Gasteiger partial charge in [0.1, 0.15) is 0 Å². The predicted molar refractivity (Wildman–Crippen MR) is 65.7 cm³/mol. The van der Waals surface area contributed by atoms with E-state index in [1.54, 1.807) is 0 Å². The molecule has 0 aromatic rings. The monoisotopic (exact) mass is 206 g/mol. The number of hydrogen-bond acceptors (Lipinski definition) is 2. The van der Waals surface area contributed by atoms with Crippen molar-refractivity contribution in [3.05, 3.63) is 11.0 Å². The summed E-state index contributed by atoms with van der Waals surface area (Å²) in [6.07, 6.45) is 2.21. The van der Waals surface area contributed by atoms with E-state index in [-0.39, 0.29) is 0 Å². The lowest BCUT2D eigenvalue weighted by atomic mass is 10.2. The Bertz CT molecular complexity index is 106. The molecule has 0 aliphatic heterocycles. The third-order valence-corrected chi connectivity index (χ3v) is 4.02. The van der Waals surface area contributed by atoms with E-state index in [1.807, 2.05) is 35.4 Å². The Morgan fingerprint density at radius 1 is 1.33 bits per heavy atom. The van der Waals surface area contributed by atoms with E-state index in [4.69, 9.17) is 0 Å². The summed E-state index contributed by atoms with van der Waals surface area (Å²) in [5.41, 5.74) is 0. The fourth-order valence-corrected chi connectivity index (χ4v) is 2.78. The van der Waals surface area contributed by atoms with Gasteiger partial charge in [-0.1, -0.05) is 62.3 Å². The van der Waals surface area contributed by atoms with E-state index in [2.05, 4.69) is 33.8 Å². The van der Waals surface area contributed by atoms with Gasteiger partial charge in [0.15, 0.2) is 0 Å². The standard InChI is InChI=1S/C8H16S2.C2H6/c1-5-8(7(3)4)10-9-6-2;1-2/h5,7H,6H2,1-4H3;1-2H3/b8-5-;. The molecule has 12 heavy (non-hydrogen) atoms. The molecule has 0 bridgehead atoms. The summed E-state index contributed by atoms with van der Waals surface area (Å²) >= 11 is 0. The summed E-state index contributed by atoms with van der Waals surface area (Å²) in [5, 5.41) is 0. The molecule has 0 rings (SSSR count). The number of hydrogen-bond donors (Lipinski definition) is 0. The van der Waals surface area contributed by atoms with Crippen molar-refractivity contribution in [3.63, 3.8) is 0 Å². The molecule has 0 fully saturated rings.